The fourth-order valence-electron chi connectivity index (χ4n) is 1.34. The highest BCUT2D eigenvalue weighted by Crippen LogP contribution is 1.96. The van der Waals surface area contributed by atoms with Gasteiger partial charge in [-0.2, -0.15) is 0 Å². The topological polar surface area (TPSA) is 15.3 Å². The van der Waals surface area contributed by atoms with E-state index in [1.165, 1.54) is 6.54 Å². The summed E-state index contributed by atoms with van der Waals surface area (Å²) < 4.78 is 0. The first-order valence-corrected chi connectivity index (χ1v) is 5.24. The third kappa shape index (κ3) is 8.00. The van der Waals surface area contributed by atoms with E-state index in [-0.39, 0.29) is 0 Å². The van der Waals surface area contributed by atoms with E-state index in [1.807, 2.05) is 6.08 Å². The molecule has 0 saturated heterocycles. The minimum absolute atomic E-state index is 0.763. The van der Waals surface area contributed by atoms with Gasteiger partial charge in [0.1, 0.15) is 0 Å². The van der Waals surface area contributed by atoms with Crippen molar-refractivity contribution < 1.29 is 0 Å². The van der Waals surface area contributed by atoms with Gasteiger partial charge in [-0.05, 0) is 12.5 Å². The van der Waals surface area contributed by atoms with Crippen LogP contribution in [0.1, 0.15) is 20.8 Å². The monoisotopic (exact) mass is 184 g/mol. The van der Waals surface area contributed by atoms with E-state index >= 15 is 0 Å². The van der Waals surface area contributed by atoms with Crippen LogP contribution in [0.25, 0.3) is 0 Å². The maximum absolute atomic E-state index is 3.67. The van der Waals surface area contributed by atoms with Crippen LogP contribution in [0.5, 0.6) is 0 Å². The molecule has 0 aliphatic rings. The van der Waals surface area contributed by atoms with Crippen molar-refractivity contribution in [1.29, 1.82) is 0 Å². The second-order valence-corrected chi connectivity index (χ2v) is 3.78. The Kier molecular flexibility index (Phi) is 8.05. The molecule has 0 heterocycles. The molecule has 0 aromatic rings. The van der Waals surface area contributed by atoms with Crippen LogP contribution in [0.3, 0.4) is 0 Å². The summed E-state index contributed by atoms with van der Waals surface area (Å²) >= 11 is 0. The number of nitrogens with zero attached hydrogens (tertiary/aromatic N) is 1. The Morgan fingerprint density at radius 3 is 2.62 bits per heavy atom. The minimum atomic E-state index is 0.763. The van der Waals surface area contributed by atoms with Gasteiger partial charge in [0.05, 0.1) is 0 Å². The fraction of sp³-hybridized carbons (Fsp3) is 0.818. The molecule has 78 valence electrons. The Morgan fingerprint density at radius 2 is 2.15 bits per heavy atom. The molecule has 0 fully saturated rings. The Balaban J connectivity index is 3.41. The minimum Gasteiger partial charge on any atom is -0.312 e. The van der Waals surface area contributed by atoms with E-state index < -0.39 is 0 Å². The van der Waals surface area contributed by atoms with Crippen molar-refractivity contribution in [2.45, 2.75) is 20.8 Å². The van der Waals surface area contributed by atoms with Gasteiger partial charge in [0.2, 0.25) is 0 Å². The number of hydrogen-bond donors (Lipinski definition) is 1. The van der Waals surface area contributed by atoms with E-state index in [9.17, 15) is 0 Å². The van der Waals surface area contributed by atoms with Crippen molar-refractivity contribution >= 4 is 0 Å². The van der Waals surface area contributed by atoms with Gasteiger partial charge in [-0.25, -0.2) is 0 Å². The molecular formula is C11H24N2. The lowest BCUT2D eigenvalue weighted by molar-refractivity contribution is 0.257. The first-order chi connectivity index (χ1) is 6.20. The molecule has 0 radical (unpaired) electrons. The van der Waals surface area contributed by atoms with Gasteiger partial charge in [0.15, 0.2) is 0 Å². The fourth-order valence-corrected chi connectivity index (χ4v) is 1.34. The largest absolute Gasteiger partial charge is 0.312 e. The van der Waals surface area contributed by atoms with Gasteiger partial charge in [-0.1, -0.05) is 26.8 Å². The van der Waals surface area contributed by atoms with Gasteiger partial charge in [0, 0.05) is 26.2 Å². The van der Waals surface area contributed by atoms with Crippen LogP contribution < -0.4 is 5.32 Å². The highest BCUT2D eigenvalue weighted by atomic mass is 15.1. The predicted octanol–water partition coefficient (Wildman–Crippen LogP) is 1.74. The maximum Gasteiger partial charge on any atom is 0.0132 e. The van der Waals surface area contributed by atoms with Gasteiger partial charge < -0.3 is 10.2 Å². The van der Waals surface area contributed by atoms with E-state index in [4.69, 9.17) is 0 Å². The molecule has 0 aliphatic heterocycles. The molecule has 2 heteroatoms. The van der Waals surface area contributed by atoms with Crippen LogP contribution in [0.15, 0.2) is 12.7 Å². The van der Waals surface area contributed by atoms with Crippen molar-refractivity contribution in [3.8, 4) is 0 Å². The predicted molar refractivity (Wildman–Crippen MR) is 60.0 cm³/mol. The molecule has 1 N–H and O–H groups in total. The number of nitrogens with one attached hydrogen (secondary N) is 1. The average Bonchev–Trinajstić information content (AvgIpc) is 2.09. The summed E-state index contributed by atoms with van der Waals surface area (Å²) in [7, 11) is 0. The summed E-state index contributed by atoms with van der Waals surface area (Å²) in [4.78, 5) is 2.47. The van der Waals surface area contributed by atoms with Gasteiger partial charge in [-0.15, -0.1) is 6.58 Å². The lowest BCUT2D eigenvalue weighted by atomic mass is 10.2. The smallest absolute Gasteiger partial charge is 0.0132 e. The van der Waals surface area contributed by atoms with Gasteiger partial charge in [0.25, 0.3) is 0 Å². The molecule has 0 bridgehead atoms. The zero-order valence-corrected chi connectivity index (χ0v) is 9.34. The SMILES string of the molecule is C=CCNCCN(CC)CC(C)C. The maximum atomic E-state index is 3.67. The Hall–Kier alpha value is -0.340. The third-order valence-corrected chi connectivity index (χ3v) is 1.96. The van der Waals surface area contributed by atoms with Crippen LogP contribution in [-0.4, -0.2) is 37.6 Å². The second kappa shape index (κ2) is 8.27. The summed E-state index contributed by atoms with van der Waals surface area (Å²) in [6.07, 6.45) is 1.90. The van der Waals surface area contributed by atoms with Crippen molar-refractivity contribution in [2.75, 3.05) is 32.7 Å². The van der Waals surface area contributed by atoms with Crippen LogP contribution >= 0.6 is 0 Å². The molecule has 0 rings (SSSR count). The summed E-state index contributed by atoms with van der Waals surface area (Å²) in [6.45, 7) is 15.9. The lowest BCUT2D eigenvalue weighted by Gasteiger charge is -2.22. The summed E-state index contributed by atoms with van der Waals surface area (Å²) in [5.74, 6) is 0.763. The van der Waals surface area contributed by atoms with Crippen molar-refractivity contribution in [3.63, 3.8) is 0 Å². The summed E-state index contributed by atoms with van der Waals surface area (Å²) in [6, 6.07) is 0. The van der Waals surface area contributed by atoms with E-state index in [0.717, 1.165) is 32.1 Å². The Morgan fingerprint density at radius 1 is 1.46 bits per heavy atom. The van der Waals surface area contributed by atoms with E-state index in [1.54, 1.807) is 0 Å². The van der Waals surface area contributed by atoms with Crippen LogP contribution in [-0.2, 0) is 0 Å². The van der Waals surface area contributed by atoms with Crippen LogP contribution in [0, 0.1) is 5.92 Å². The molecule has 0 aromatic carbocycles. The molecule has 0 amide bonds. The zero-order valence-electron chi connectivity index (χ0n) is 9.34. The first-order valence-electron chi connectivity index (χ1n) is 5.24. The van der Waals surface area contributed by atoms with Gasteiger partial charge in [-0.3, -0.25) is 0 Å². The zero-order chi connectivity index (χ0) is 10.1. The van der Waals surface area contributed by atoms with Crippen molar-refractivity contribution in [1.82, 2.24) is 10.2 Å². The summed E-state index contributed by atoms with van der Waals surface area (Å²) in [5.41, 5.74) is 0. The highest BCUT2D eigenvalue weighted by Gasteiger charge is 2.03. The molecule has 0 atom stereocenters. The Bertz CT molecular complexity index is 121. The summed E-state index contributed by atoms with van der Waals surface area (Å²) in [5, 5.41) is 3.31. The number of hydrogen-bond acceptors (Lipinski definition) is 2. The van der Waals surface area contributed by atoms with Crippen molar-refractivity contribution in [3.05, 3.63) is 12.7 Å². The molecule has 0 unspecified atom stereocenters. The normalized spacial score (nSPS) is 11.2. The molecule has 0 aliphatic carbocycles. The highest BCUT2D eigenvalue weighted by molar-refractivity contribution is 4.70. The van der Waals surface area contributed by atoms with Crippen LogP contribution in [0.2, 0.25) is 0 Å². The molecule has 13 heavy (non-hydrogen) atoms. The average molecular weight is 184 g/mol. The van der Waals surface area contributed by atoms with E-state index in [2.05, 4.69) is 37.6 Å². The molecule has 2 nitrogen and oxygen atoms in total. The third-order valence-electron chi connectivity index (χ3n) is 1.96. The van der Waals surface area contributed by atoms with Crippen LogP contribution in [0.4, 0.5) is 0 Å². The Labute approximate surface area is 83.0 Å². The molecule has 0 saturated carbocycles. The quantitative estimate of drug-likeness (QED) is 0.456. The second-order valence-electron chi connectivity index (χ2n) is 3.78. The number of likely N-dealkylation sites (N-methyl/N-ethyl adjacent to an activating group) is 1. The number of rotatable bonds is 8. The molecule has 0 aromatic heterocycles. The standard InChI is InChI=1S/C11H24N2/c1-5-7-12-8-9-13(6-2)10-11(3)4/h5,11-12H,1,6-10H2,2-4H3. The van der Waals surface area contributed by atoms with E-state index in [0.29, 0.717) is 0 Å². The lowest BCUT2D eigenvalue weighted by Crippen LogP contribution is -2.34. The molecule has 0 spiro atoms. The van der Waals surface area contributed by atoms with Crippen molar-refractivity contribution in [2.24, 2.45) is 5.92 Å². The first kappa shape index (κ1) is 12.7. The molecular weight excluding hydrogens is 160 g/mol. The van der Waals surface area contributed by atoms with Gasteiger partial charge >= 0.3 is 0 Å².